The summed E-state index contributed by atoms with van der Waals surface area (Å²) in [5, 5.41) is 6.09. The predicted molar refractivity (Wildman–Crippen MR) is 91.0 cm³/mol. The van der Waals surface area contributed by atoms with E-state index in [1.165, 1.54) is 11.1 Å². The van der Waals surface area contributed by atoms with Crippen LogP contribution >= 0.6 is 11.6 Å². The number of amides is 1. The molecule has 3 rings (SSSR count). The first-order valence-electron chi connectivity index (χ1n) is 7.49. The van der Waals surface area contributed by atoms with E-state index in [0.717, 1.165) is 11.3 Å². The maximum Gasteiger partial charge on any atom is 0.338 e. The SMILES string of the molecule is O=C(OCC(=O)N1CCC(c2ccccc2)=N1)c1cccc(Cl)c1. The molecule has 0 N–H and O–H groups in total. The molecule has 1 aliphatic rings. The Hall–Kier alpha value is -2.66. The van der Waals surface area contributed by atoms with Crippen molar-refractivity contribution in [1.82, 2.24) is 5.01 Å². The summed E-state index contributed by atoms with van der Waals surface area (Å²) in [6, 6.07) is 16.1. The zero-order chi connectivity index (χ0) is 16.9. The molecular formula is C18H15ClN2O3. The molecule has 0 aromatic heterocycles. The highest BCUT2D eigenvalue weighted by Crippen LogP contribution is 2.15. The maximum atomic E-state index is 12.1. The third kappa shape index (κ3) is 3.81. The van der Waals surface area contributed by atoms with Gasteiger partial charge in [0.15, 0.2) is 6.61 Å². The van der Waals surface area contributed by atoms with Gasteiger partial charge in [-0.1, -0.05) is 48.0 Å². The Kier molecular flexibility index (Phi) is 4.91. The molecule has 0 atom stereocenters. The van der Waals surface area contributed by atoms with Crippen LogP contribution in [0.15, 0.2) is 59.7 Å². The maximum absolute atomic E-state index is 12.1. The molecule has 0 saturated heterocycles. The van der Waals surface area contributed by atoms with Crippen molar-refractivity contribution in [2.75, 3.05) is 13.2 Å². The average Bonchev–Trinajstić information content (AvgIpc) is 3.10. The molecule has 0 unspecified atom stereocenters. The Balaban J connectivity index is 1.58. The van der Waals surface area contributed by atoms with E-state index >= 15 is 0 Å². The van der Waals surface area contributed by atoms with Gasteiger partial charge in [-0.15, -0.1) is 0 Å². The molecule has 0 fully saturated rings. The summed E-state index contributed by atoms with van der Waals surface area (Å²) in [6.45, 7) is 0.134. The zero-order valence-electron chi connectivity index (χ0n) is 12.8. The quantitative estimate of drug-likeness (QED) is 0.802. The molecule has 6 heteroatoms. The van der Waals surface area contributed by atoms with Crippen LogP contribution in [0.25, 0.3) is 0 Å². The normalized spacial score (nSPS) is 13.5. The molecule has 0 radical (unpaired) electrons. The molecule has 1 amide bonds. The molecule has 1 aliphatic heterocycles. The van der Waals surface area contributed by atoms with Crippen LogP contribution in [0.4, 0.5) is 0 Å². The molecule has 2 aromatic rings. The number of halogens is 1. The monoisotopic (exact) mass is 342 g/mol. The van der Waals surface area contributed by atoms with Crippen LogP contribution in [0.2, 0.25) is 5.02 Å². The van der Waals surface area contributed by atoms with E-state index in [-0.39, 0.29) is 12.5 Å². The number of esters is 1. The Morgan fingerprint density at radius 2 is 1.92 bits per heavy atom. The summed E-state index contributed by atoms with van der Waals surface area (Å²) < 4.78 is 5.04. The van der Waals surface area contributed by atoms with Crippen molar-refractivity contribution in [2.24, 2.45) is 5.10 Å². The molecule has 0 bridgehead atoms. The van der Waals surface area contributed by atoms with Gasteiger partial charge in [0.1, 0.15) is 0 Å². The number of ether oxygens (including phenoxy) is 1. The van der Waals surface area contributed by atoms with Gasteiger partial charge < -0.3 is 4.74 Å². The Morgan fingerprint density at radius 3 is 2.67 bits per heavy atom. The van der Waals surface area contributed by atoms with Gasteiger partial charge in [0.05, 0.1) is 17.8 Å². The Labute approximate surface area is 144 Å². The summed E-state index contributed by atoms with van der Waals surface area (Å²) >= 11 is 5.83. The number of hydrogen-bond donors (Lipinski definition) is 0. The number of rotatable bonds is 4. The summed E-state index contributed by atoms with van der Waals surface area (Å²) in [6.07, 6.45) is 0.679. The van der Waals surface area contributed by atoms with E-state index < -0.39 is 5.97 Å². The van der Waals surface area contributed by atoms with E-state index in [9.17, 15) is 9.59 Å². The second-order valence-corrected chi connectivity index (χ2v) is 5.70. The summed E-state index contributed by atoms with van der Waals surface area (Å²) in [5.74, 6) is -0.936. The lowest BCUT2D eigenvalue weighted by molar-refractivity contribution is -0.134. The molecule has 2 aromatic carbocycles. The smallest absolute Gasteiger partial charge is 0.338 e. The van der Waals surface area contributed by atoms with Crippen molar-refractivity contribution < 1.29 is 14.3 Å². The van der Waals surface area contributed by atoms with Crippen LogP contribution < -0.4 is 0 Å². The molecule has 24 heavy (non-hydrogen) atoms. The van der Waals surface area contributed by atoms with Crippen LogP contribution in [0.5, 0.6) is 0 Å². The number of hydrazone groups is 1. The second-order valence-electron chi connectivity index (χ2n) is 5.27. The summed E-state index contributed by atoms with van der Waals surface area (Å²) in [5.41, 5.74) is 2.15. The molecule has 0 spiro atoms. The van der Waals surface area contributed by atoms with Gasteiger partial charge >= 0.3 is 5.97 Å². The summed E-state index contributed by atoms with van der Waals surface area (Å²) in [4.78, 5) is 24.1. The minimum Gasteiger partial charge on any atom is -0.452 e. The minimum absolute atomic E-state index is 0.310. The van der Waals surface area contributed by atoms with Gasteiger partial charge in [-0.3, -0.25) is 4.79 Å². The standard InChI is InChI=1S/C18H15ClN2O3/c19-15-8-4-7-14(11-15)18(23)24-12-17(22)21-10-9-16(20-21)13-5-2-1-3-6-13/h1-8,11H,9-10,12H2. The number of carbonyl (C=O) groups excluding carboxylic acids is 2. The number of carbonyl (C=O) groups is 2. The van der Waals surface area contributed by atoms with E-state index in [1.54, 1.807) is 18.2 Å². The third-order valence-corrected chi connectivity index (χ3v) is 3.82. The first kappa shape index (κ1) is 16.2. The predicted octanol–water partition coefficient (Wildman–Crippen LogP) is 3.13. The fraction of sp³-hybridized carbons (Fsp3) is 0.167. The molecule has 122 valence electrons. The number of nitrogens with zero attached hydrogens (tertiary/aromatic N) is 2. The van der Waals surface area contributed by atoms with Crippen molar-refractivity contribution in [3.05, 3.63) is 70.7 Å². The lowest BCUT2D eigenvalue weighted by Crippen LogP contribution is -2.28. The Morgan fingerprint density at radius 1 is 1.12 bits per heavy atom. The van der Waals surface area contributed by atoms with Crippen LogP contribution in [0.1, 0.15) is 22.3 Å². The van der Waals surface area contributed by atoms with Gasteiger partial charge in [-0.25, -0.2) is 9.80 Å². The lowest BCUT2D eigenvalue weighted by atomic mass is 10.1. The zero-order valence-corrected chi connectivity index (χ0v) is 13.6. The molecule has 0 saturated carbocycles. The summed E-state index contributed by atoms with van der Waals surface area (Å²) in [7, 11) is 0. The van der Waals surface area contributed by atoms with Gasteiger partial charge in [-0.05, 0) is 23.8 Å². The van der Waals surface area contributed by atoms with Crippen molar-refractivity contribution >= 4 is 29.2 Å². The van der Waals surface area contributed by atoms with Crippen LogP contribution in [0, 0.1) is 0 Å². The first-order chi connectivity index (χ1) is 11.6. The highest BCUT2D eigenvalue weighted by molar-refractivity contribution is 6.30. The highest BCUT2D eigenvalue weighted by Gasteiger charge is 2.22. The average molecular weight is 343 g/mol. The van der Waals surface area contributed by atoms with Crippen molar-refractivity contribution in [3.8, 4) is 0 Å². The molecule has 0 aliphatic carbocycles. The molecule has 5 nitrogen and oxygen atoms in total. The fourth-order valence-corrected chi connectivity index (χ4v) is 2.56. The van der Waals surface area contributed by atoms with Crippen LogP contribution in [-0.2, 0) is 9.53 Å². The number of benzene rings is 2. The van der Waals surface area contributed by atoms with Crippen LogP contribution in [-0.4, -0.2) is 35.7 Å². The van der Waals surface area contributed by atoms with Gasteiger partial charge in [-0.2, -0.15) is 5.10 Å². The van der Waals surface area contributed by atoms with Crippen molar-refractivity contribution in [1.29, 1.82) is 0 Å². The minimum atomic E-state index is -0.586. The van der Waals surface area contributed by atoms with Crippen molar-refractivity contribution in [2.45, 2.75) is 6.42 Å². The fourth-order valence-electron chi connectivity index (χ4n) is 2.37. The largest absolute Gasteiger partial charge is 0.452 e. The van der Waals surface area contributed by atoms with E-state index in [4.69, 9.17) is 16.3 Å². The van der Waals surface area contributed by atoms with Crippen LogP contribution in [0.3, 0.4) is 0 Å². The van der Waals surface area contributed by atoms with Gasteiger partial charge in [0.25, 0.3) is 5.91 Å². The first-order valence-corrected chi connectivity index (χ1v) is 7.87. The van der Waals surface area contributed by atoms with Crippen molar-refractivity contribution in [3.63, 3.8) is 0 Å². The highest BCUT2D eigenvalue weighted by atomic mass is 35.5. The Bertz CT molecular complexity index is 790. The lowest BCUT2D eigenvalue weighted by Gasteiger charge is -2.11. The number of hydrogen-bond acceptors (Lipinski definition) is 4. The second kappa shape index (κ2) is 7.27. The van der Waals surface area contributed by atoms with Gasteiger partial charge in [0, 0.05) is 11.4 Å². The molecule has 1 heterocycles. The third-order valence-electron chi connectivity index (χ3n) is 3.58. The topological polar surface area (TPSA) is 59.0 Å². The van der Waals surface area contributed by atoms with Gasteiger partial charge in [0.2, 0.25) is 0 Å². The molecular weight excluding hydrogens is 328 g/mol. The van der Waals surface area contributed by atoms with E-state index in [0.29, 0.717) is 23.6 Å². The van der Waals surface area contributed by atoms with E-state index in [1.807, 2.05) is 30.3 Å². The van der Waals surface area contributed by atoms with E-state index in [2.05, 4.69) is 5.10 Å².